The number of sulfonamides is 1. The van der Waals surface area contributed by atoms with E-state index in [0.717, 1.165) is 0 Å². The largest absolute Gasteiger partial charge is 0.481 e. The maximum Gasteiger partial charge on any atom is 0.303 e. The van der Waals surface area contributed by atoms with Crippen molar-refractivity contribution in [2.45, 2.75) is 44.0 Å². The second-order valence-electron chi connectivity index (χ2n) is 6.13. The quantitative estimate of drug-likeness (QED) is 0.816. The average molecular weight is 340 g/mol. The van der Waals surface area contributed by atoms with E-state index in [9.17, 15) is 13.2 Å². The summed E-state index contributed by atoms with van der Waals surface area (Å²) in [6, 6.07) is 1.53. The predicted molar refractivity (Wildman–Crippen MR) is 84.5 cm³/mol. The van der Waals surface area contributed by atoms with Crippen LogP contribution in [0.4, 0.5) is 0 Å². The lowest BCUT2D eigenvalue weighted by Gasteiger charge is -2.25. The number of hydrogen-bond donors (Lipinski definition) is 2. The van der Waals surface area contributed by atoms with Gasteiger partial charge in [-0.15, -0.1) is 0 Å². The molecule has 9 heteroatoms. The van der Waals surface area contributed by atoms with Crippen molar-refractivity contribution in [2.75, 3.05) is 0 Å². The Hall–Kier alpha value is -2.00. The second kappa shape index (κ2) is 5.89. The third-order valence-corrected chi connectivity index (χ3v) is 5.19. The van der Waals surface area contributed by atoms with Gasteiger partial charge in [-0.1, -0.05) is 0 Å². The molecule has 0 fully saturated rings. The van der Waals surface area contributed by atoms with E-state index < -0.39 is 21.5 Å². The molecule has 0 aliphatic rings. The second-order valence-corrected chi connectivity index (χ2v) is 7.82. The minimum atomic E-state index is -3.81. The summed E-state index contributed by atoms with van der Waals surface area (Å²) < 4.78 is 29.2. The summed E-state index contributed by atoms with van der Waals surface area (Å²) in [7, 11) is -2.07. The topological polar surface area (TPSA) is 114 Å². The number of aromatic nitrogens is 3. The fourth-order valence-corrected chi connectivity index (χ4v) is 3.74. The van der Waals surface area contributed by atoms with Crippen LogP contribution in [0.15, 0.2) is 17.2 Å². The van der Waals surface area contributed by atoms with Crippen molar-refractivity contribution >= 4 is 27.0 Å². The number of carboxylic acid groups (broad SMARTS) is 1. The monoisotopic (exact) mass is 340 g/mol. The van der Waals surface area contributed by atoms with Gasteiger partial charge in [0.2, 0.25) is 10.0 Å². The molecular formula is C14H20N4O4S. The summed E-state index contributed by atoms with van der Waals surface area (Å²) in [5.74, 6) is -0.966. The zero-order valence-corrected chi connectivity index (χ0v) is 14.3. The number of nitrogens with zero attached hydrogens (tertiary/aromatic N) is 3. The molecule has 0 aliphatic heterocycles. The maximum atomic E-state index is 12.5. The van der Waals surface area contributed by atoms with Crippen LogP contribution in [0.5, 0.6) is 0 Å². The van der Waals surface area contributed by atoms with Gasteiger partial charge in [0, 0.05) is 30.6 Å². The van der Waals surface area contributed by atoms with Crippen molar-refractivity contribution in [1.29, 1.82) is 0 Å². The highest BCUT2D eigenvalue weighted by molar-refractivity contribution is 7.89. The van der Waals surface area contributed by atoms with Gasteiger partial charge in [-0.25, -0.2) is 18.1 Å². The maximum absolute atomic E-state index is 12.5. The standard InChI is InChI=1S/C14H20N4O4S/c1-9-11-7-10(8-15-13(11)18(4)16-9)23(21,22)17-14(2,3)6-5-12(19)20/h7-8,17H,5-6H2,1-4H3,(H,19,20). The fraction of sp³-hybridized carbons (Fsp3) is 0.500. The lowest BCUT2D eigenvalue weighted by molar-refractivity contribution is -0.137. The van der Waals surface area contributed by atoms with E-state index in [1.807, 2.05) is 0 Å². The van der Waals surface area contributed by atoms with Crippen molar-refractivity contribution in [3.8, 4) is 0 Å². The Labute approximate surface area is 134 Å². The molecular weight excluding hydrogens is 320 g/mol. The third-order valence-electron chi connectivity index (χ3n) is 3.52. The van der Waals surface area contributed by atoms with E-state index in [1.54, 1.807) is 32.5 Å². The Balaban J connectivity index is 2.32. The molecule has 0 radical (unpaired) electrons. The van der Waals surface area contributed by atoms with Crippen LogP contribution in [-0.2, 0) is 21.9 Å². The van der Waals surface area contributed by atoms with Gasteiger partial charge in [0.15, 0.2) is 5.65 Å². The molecule has 2 rings (SSSR count). The van der Waals surface area contributed by atoms with Crippen LogP contribution in [0.2, 0.25) is 0 Å². The molecule has 0 saturated heterocycles. The van der Waals surface area contributed by atoms with Crippen molar-refractivity contribution in [2.24, 2.45) is 7.05 Å². The molecule has 2 N–H and O–H groups in total. The Morgan fingerprint density at radius 3 is 2.70 bits per heavy atom. The summed E-state index contributed by atoms with van der Waals surface area (Å²) in [6.07, 6.45) is 1.34. The molecule has 23 heavy (non-hydrogen) atoms. The van der Waals surface area contributed by atoms with Crippen LogP contribution in [0, 0.1) is 6.92 Å². The summed E-state index contributed by atoms with van der Waals surface area (Å²) in [5.41, 5.74) is 0.416. The van der Waals surface area contributed by atoms with Gasteiger partial charge in [-0.05, 0) is 33.3 Å². The van der Waals surface area contributed by atoms with Gasteiger partial charge in [0.05, 0.1) is 5.69 Å². The van der Waals surface area contributed by atoms with Crippen LogP contribution in [0.3, 0.4) is 0 Å². The molecule has 2 heterocycles. The van der Waals surface area contributed by atoms with Gasteiger partial charge < -0.3 is 5.11 Å². The SMILES string of the molecule is Cc1nn(C)c2ncc(S(=O)(=O)NC(C)(C)CCC(=O)O)cc12. The Bertz CT molecular complexity index is 855. The zero-order chi connectivity index (χ0) is 17.4. The normalized spacial score (nSPS) is 12.7. The smallest absolute Gasteiger partial charge is 0.303 e. The van der Waals surface area contributed by atoms with Gasteiger partial charge in [0.1, 0.15) is 4.90 Å². The first-order valence-electron chi connectivity index (χ1n) is 7.07. The number of hydrogen-bond acceptors (Lipinski definition) is 5. The number of nitrogens with one attached hydrogen (secondary N) is 1. The minimum absolute atomic E-state index is 0.0319. The number of carbonyl (C=O) groups is 1. The number of fused-ring (bicyclic) bond motifs is 1. The number of aliphatic carboxylic acids is 1. The minimum Gasteiger partial charge on any atom is -0.481 e. The van der Waals surface area contributed by atoms with E-state index in [2.05, 4.69) is 14.8 Å². The fourth-order valence-electron chi connectivity index (χ4n) is 2.33. The van der Waals surface area contributed by atoms with Crippen LogP contribution in [-0.4, -0.2) is 39.8 Å². The van der Waals surface area contributed by atoms with Gasteiger partial charge >= 0.3 is 5.97 Å². The van der Waals surface area contributed by atoms with Crippen molar-refractivity contribution in [3.05, 3.63) is 18.0 Å². The summed E-state index contributed by atoms with van der Waals surface area (Å²) in [5, 5.41) is 13.6. The van der Waals surface area contributed by atoms with Gasteiger partial charge in [-0.3, -0.25) is 9.48 Å². The van der Waals surface area contributed by atoms with Gasteiger partial charge in [0.25, 0.3) is 0 Å². The predicted octanol–water partition coefficient (Wildman–Crippen LogP) is 1.20. The highest BCUT2D eigenvalue weighted by Gasteiger charge is 2.27. The zero-order valence-electron chi connectivity index (χ0n) is 13.5. The number of rotatable bonds is 6. The number of aryl methyl sites for hydroxylation is 2. The van der Waals surface area contributed by atoms with Crippen molar-refractivity contribution in [3.63, 3.8) is 0 Å². The highest BCUT2D eigenvalue weighted by atomic mass is 32.2. The van der Waals surface area contributed by atoms with E-state index in [4.69, 9.17) is 5.11 Å². The molecule has 0 aliphatic carbocycles. The third kappa shape index (κ3) is 3.85. The van der Waals surface area contributed by atoms with E-state index >= 15 is 0 Å². The Morgan fingerprint density at radius 2 is 2.09 bits per heavy atom. The molecule has 2 aromatic rings. The molecule has 0 amide bonds. The highest BCUT2D eigenvalue weighted by Crippen LogP contribution is 2.21. The van der Waals surface area contributed by atoms with E-state index in [1.165, 1.54) is 12.3 Å². The lowest BCUT2D eigenvalue weighted by Crippen LogP contribution is -2.43. The molecule has 0 unspecified atom stereocenters. The number of carboxylic acids is 1. The first-order chi connectivity index (χ1) is 10.5. The summed E-state index contributed by atoms with van der Waals surface area (Å²) in [6.45, 7) is 5.08. The lowest BCUT2D eigenvalue weighted by atomic mass is 10.0. The molecule has 8 nitrogen and oxygen atoms in total. The van der Waals surface area contributed by atoms with Crippen molar-refractivity contribution < 1.29 is 18.3 Å². The van der Waals surface area contributed by atoms with Crippen molar-refractivity contribution in [1.82, 2.24) is 19.5 Å². The van der Waals surface area contributed by atoms with Crippen LogP contribution >= 0.6 is 0 Å². The van der Waals surface area contributed by atoms with E-state index in [0.29, 0.717) is 16.7 Å². The van der Waals surface area contributed by atoms with E-state index in [-0.39, 0.29) is 17.7 Å². The number of pyridine rings is 1. The molecule has 0 atom stereocenters. The molecule has 0 aromatic carbocycles. The molecule has 126 valence electrons. The Kier molecular flexibility index (Phi) is 4.45. The van der Waals surface area contributed by atoms with Crippen LogP contribution in [0.25, 0.3) is 11.0 Å². The Morgan fingerprint density at radius 1 is 1.43 bits per heavy atom. The molecule has 0 bridgehead atoms. The van der Waals surface area contributed by atoms with Crippen LogP contribution in [0.1, 0.15) is 32.4 Å². The average Bonchev–Trinajstić information content (AvgIpc) is 2.71. The molecule has 0 saturated carbocycles. The summed E-state index contributed by atoms with van der Waals surface area (Å²) in [4.78, 5) is 14.9. The molecule has 0 spiro atoms. The summed E-state index contributed by atoms with van der Waals surface area (Å²) >= 11 is 0. The van der Waals surface area contributed by atoms with Gasteiger partial charge in [-0.2, -0.15) is 5.10 Å². The first-order valence-corrected chi connectivity index (χ1v) is 8.55. The van der Waals surface area contributed by atoms with Crippen LogP contribution < -0.4 is 4.72 Å². The molecule has 2 aromatic heterocycles. The first kappa shape index (κ1) is 17.4.